The van der Waals surface area contributed by atoms with Gasteiger partial charge in [-0.15, -0.1) is 0 Å². The van der Waals surface area contributed by atoms with E-state index >= 15 is 0 Å². The Bertz CT molecular complexity index is 706. The van der Waals surface area contributed by atoms with Gasteiger partial charge in [0.05, 0.1) is 19.1 Å². The van der Waals surface area contributed by atoms with Crippen molar-refractivity contribution in [1.29, 1.82) is 0 Å². The van der Waals surface area contributed by atoms with Crippen LogP contribution in [-0.2, 0) is 14.3 Å². The average Bonchev–Trinajstić information content (AvgIpc) is 3.09. The van der Waals surface area contributed by atoms with E-state index in [-0.39, 0.29) is 18.2 Å². The third-order valence-corrected chi connectivity index (χ3v) is 5.20. The minimum absolute atomic E-state index is 0.0461. The van der Waals surface area contributed by atoms with Crippen molar-refractivity contribution in [2.45, 2.75) is 13.3 Å². The topological polar surface area (TPSA) is 85.9 Å². The van der Waals surface area contributed by atoms with Crippen molar-refractivity contribution < 1.29 is 14.3 Å². The van der Waals surface area contributed by atoms with Crippen LogP contribution in [0.4, 0.5) is 5.69 Å². The van der Waals surface area contributed by atoms with Gasteiger partial charge in [-0.3, -0.25) is 25.3 Å². The first-order valence-electron chi connectivity index (χ1n) is 9.54. The lowest BCUT2D eigenvalue weighted by Crippen LogP contribution is -2.50. The first-order valence-corrected chi connectivity index (χ1v) is 9.94. The van der Waals surface area contributed by atoms with E-state index in [0.717, 1.165) is 44.1 Å². The molecule has 0 radical (unpaired) electrons. The maximum Gasteiger partial charge on any atom is 0.243 e. The van der Waals surface area contributed by atoms with Gasteiger partial charge in [0, 0.05) is 44.8 Å². The lowest BCUT2D eigenvalue weighted by Gasteiger charge is -2.26. The number of hydrogen-bond acceptors (Lipinski definition) is 5. The molecule has 2 amide bonds. The molecule has 9 heteroatoms. The normalized spacial score (nSPS) is 20.1. The summed E-state index contributed by atoms with van der Waals surface area (Å²) in [5.74, 6) is -0.687. The van der Waals surface area contributed by atoms with Crippen LogP contribution < -0.4 is 21.1 Å². The molecule has 3 rings (SSSR count). The van der Waals surface area contributed by atoms with E-state index in [4.69, 9.17) is 17.0 Å². The number of aryl methyl sites for hydroxylation is 1. The summed E-state index contributed by atoms with van der Waals surface area (Å²) in [7, 11) is 0. The van der Waals surface area contributed by atoms with E-state index in [1.54, 1.807) is 4.90 Å². The highest BCUT2D eigenvalue weighted by Crippen LogP contribution is 2.25. The summed E-state index contributed by atoms with van der Waals surface area (Å²) < 4.78 is 5.31. The first-order chi connectivity index (χ1) is 13.5. The molecule has 3 N–H and O–H groups in total. The van der Waals surface area contributed by atoms with E-state index in [1.165, 1.54) is 0 Å². The summed E-state index contributed by atoms with van der Waals surface area (Å²) in [6.07, 6.45) is 0.193. The Balaban J connectivity index is 1.38. The molecule has 0 aliphatic carbocycles. The predicted octanol–water partition coefficient (Wildman–Crippen LogP) is 0.175. The lowest BCUT2D eigenvalue weighted by atomic mass is 10.1. The Labute approximate surface area is 170 Å². The minimum atomic E-state index is -0.405. The van der Waals surface area contributed by atoms with Crippen LogP contribution in [0.1, 0.15) is 12.0 Å². The molecular weight excluding hydrogens is 378 g/mol. The predicted molar refractivity (Wildman–Crippen MR) is 111 cm³/mol. The van der Waals surface area contributed by atoms with Gasteiger partial charge in [0.1, 0.15) is 0 Å². The summed E-state index contributed by atoms with van der Waals surface area (Å²) >= 11 is 5.19. The summed E-state index contributed by atoms with van der Waals surface area (Å²) in [5, 5.41) is 3.43. The zero-order valence-corrected chi connectivity index (χ0v) is 16.9. The van der Waals surface area contributed by atoms with E-state index < -0.39 is 5.92 Å². The minimum Gasteiger partial charge on any atom is -0.379 e. The standard InChI is InChI=1S/C19H27N5O3S/c1-14-2-4-16(5-3-14)24-13-15(12-17(24)25)18(26)21-22-19(28)20-6-7-23-8-10-27-11-9-23/h2-5,15H,6-13H2,1H3,(H,21,26)(H2,20,22,28). The maximum absolute atomic E-state index is 12.4. The number of thiocarbonyl (C=S) groups is 1. The molecule has 2 aliphatic heterocycles. The maximum atomic E-state index is 12.4. The fourth-order valence-corrected chi connectivity index (χ4v) is 3.43. The van der Waals surface area contributed by atoms with Gasteiger partial charge in [-0.1, -0.05) is 17.7 Å². The van der Waals surface area contributed by atoms with Crippen LogP contribution in [0, 0.1) is 12.8 Å². The zero-order chi connectivity index (χ0) is 19.9. The molecule has 1 aromatic carbocycles. The average molecular weight is 406 g/mol. The van der Waals surface area contributed by atoms with Crippen LogP contribution in [0.3, 0.4) is 0 Å². The molecular formula is C19H27N5O3S. The highest BCUT2D eigenvalue weighted by Gasteiger charge is 2.35. The molecule has 0 saturated carbocycles. The number of hydrazine groups is 1. The molecule has 0 aromatic heterocycles. The molecule has 152 valence electrons. The summed E-state index contributed by atoms with van der Waals surface area (Å²) in [5.41, 5.74) is 7.28. The van der Waals surface area contributed by atoms with Gasteiger partial charge >= 0.3 is 0 Å². The lowest BCUT2D eigenvalue weighted by molar-refractivity contribution is -0.126. The summed E-state index contributed by atoms with van der Waals surface area (Å²) in [6, 6.07) is 7.72. The van der Waals surface area contributed by atoms with Gasteiger partial charge in [0.2, 0.25) is 11.8 Å². The van der Waals surface area contributed by atoms with Crippen LogP contribution in [0.25, 0.3) is 0 Å². The quantitative estimate of drug-likeness (QED) is 0.476. The van der Waals surface area contributed by atoms with Crippen molar-refractivity contribution in [3.05, 3.63) is 29.8 Å². The number of anilines is 1. The first kappa shape index (κ1) is 20.5. The van der Waals surface area contributed by atoms with Crippen LogP contribution in [-0.4, -0.2) is 67.8 Å². The molecule has 2 saturated heterocycles. The van der Waals surface area contributed by atoms with Gasteiger partial charge in [-0.05, 0) is 31.3 Å². The third kappa shape index (κ3) is 5.63. The number of benzene rings is 1. The SMILES string of the molecule is Cc1ccc(N2CC(C(=O)NNC(=S)NCCN3CCOCC3)CC2=O)cc1. The number of rotatable bonds is 5. The molecule has 1 aromatic rings. The van der Waals surface area contributed by atoms with E-state index in [0.29, 0.717) is 18.2 Å². The van der Waals surface area contributed by atoms with Crippen LogP contribution in [0.15, 0.2) is 24.3 Å². The van der Waals surface area contributed by atoms with E-state index in [1.807, 2.05) is 31.2 Å². The zero-order valence-electron chi connectivity index (χ0n) is 16.1. The summed E-state index contributed by atoms with van der Waals surface area (Å²) in [4.78, 5) is 28.6. The van der Waals surface area contributed by atoms with Crippen LogP contribution >= 0.6 is 12.2 Å². The van der Waals surface area contributed by atoms with Crippen LogP contribution in [0.2, 0.25) is 0 Å². The largest absolute Gasteiger partial charge is 0.379 e. The molecule has 8 nitrogen and oxygen atoms in total. The number of carbonyl (C=O) groups excluding carboxylic acids is 2. The molecule has 2 aliphatic rings. The Kier molecular flexibility index (Phi) is 7.18. The Hall–Kier alpha value is -2.23. The van der Waals surface area contributed by atoms with Crippen molar-refractivity contribution >= 4 is 34.8 Å². The monoisotopic (exact) mass is 405 g/mol. The molecule has 0 bridgehead atoms. The number of hydrogen-bond donors (Lipinski definition) is 3. The highest BCUT2D eigenvalue weighted by molar-refractivity contribution is 7.80. The number of carbonyl (C=O) groups is 2. The molecule has 2 fully saturated rings. The second-order valence-corrected chi connectivity index (χ2v) is 7.47. The molecule has 2 heterocycles. The fraction of sp³-hybridized carbons (Fsp3) is 0.526. The van der Waals surface area contributed by atoms with Crippen molar-refractivity contribution in [3.63, 3.8) is 0 Å². The Morgan fingerprint density at radius 1 is 1.21 bits per heavy atom. The Morgan fingerprint density at radius 2 is 1.93 bits per heavy atom. The third-order valence-electron chi connectivity index (χ3n) is 4.96. The molecule has 28 heavy (non-hydrogen) atoms. The van der Waals surface area contributed by atoms with Crippen molar-refractivity contribution in [1.82, 2.24) is 21.1 Å². The van der Waals surface area contributed by atoms with E-state index in [2.05, 4.69) is 21.1 Å². The molecule has 0 spiro atoms. The van der Waals surface area contributed by atoms with Crippen molar-refractivity contribution in [2.75, 3.05) is 50.8 Å². The van der Waals surface area contributed by atoms with Crippen molar-refractivity contribution in [3.8, 4) is 0 Å². The number of nitrogens with zero attached hydrogens (tertiary/aromatic N) is 2. The van der Waals surface area contributed by atoms with Crippen molar-refractivity contribution in [2.24, 2.45) is 5.92 Å². The smallest absolute Gasteiger partial charge is 0.243 e. The van der Waals surface area contributed by atoms with Gasteiger partial charge in [0.25, 0.3) is 0 Å². The van der Waals surface area contributed by atoms with E-state index in [9.17, 15) is 9.59 Å². The number of morpholine rings is 1. The molecule has 1 unspecified atom stereocenters. The summed E-state index contributed by atoms with van der Waals surface area (Å²) in [6.45, 7) is 7.28. The second-order valence-electron chi connectivity index (χ2n) is 7.07. The van der Waals surface area contributed by atoms with Gasteiger partial charge in [-0.2, -0.15) is 0 Å². The second kappa shape index (κ2) is 9.81. The Morgan fingerprint density at radius 3 is 2.64 bits per heavy atom. The number of ether oxygens (including phenoxy) is 1. The number of nitrogens with one attached hydrogen (secondary N) is 3. The van der Waals surface area contributed by atoms with Gasteiger partial charge in [-0.25, -0.2) is 0 Å². The fourth-order valence-electron chi connectivity index (χ4n) is 3.27. The highest BCUT2D eigenvalue weighted by atomic mass is 32.1. The van der Waals surface area contributed by atoms with Gasteiger partial charge in [0.15, 0.2) is 5.11 Å². The molecule has 1 atom stereocenters. The van der Waals surface area contributed by atoms with Gasteiger partial charge < -0.3 is 15.0 Å². The number of amides is 2. The van der Waals surface area contributed by atoms with Crippen LogP contribution in [0.5, 0.6) is 0 Å².